The minimum absolute atomic E-state index is 0.236. The molecule has 2 rings (SSSR count). The molecule has 0 aromatic carbocycles. The standard InChI is InChI=1S/C16H23NO2/c1-5-14-13(16(18)19-6-2)9-12-10(3)7-8-11(4)15(12)17-14/h9-11H,5-8H2,1-4H3. The predicted molar refractivity (Wildman–Crippen MR) is 75.6 cm³/mol. The zero-order valence-electron chi connectivity index (χ0n) is 12.3. The van der Waals surface area contributed by atoms with Crippen LogP contribution in [0.1, 0.15) is 79.7 Å². The van der Waals surface area contributed by atoms with Crippen LogP contribution < -0.4 is 0 Å². The molecular weight excluding hydrogens is 238 g/mol. The smallest absolute Gasteiger partial charge is 0.339 e. The van der Waals surface area contributed by atoms with E-state index in [4.69, 9.17) is 9.72 Å². The number of fused-ring (bicyclic) bond motifs is 1. The van der Waals surface area contributed by atoms with Gasteiger partial charge in [-0.1, -0.05) is 20.8 Å². The van der Waals surface area contributed by atoms with E-state index in [1.165, 1.54) is 24.1 Å². The lowest BCUT2D eigenvalue weighted by Gasteiger charge is -2.27. The van der Waals surface area contributed by atoms with Crippen molar-refractivity contribution in [2.75, 3.05) is 6.61 Å². The summed E-state index contributed by atoms with van der Waals surface area (Å²) in [6.45, 7) is 8.72. The van der Waals surface area contributed by atoms with Gasteiger partial charge in [0.1, 0.15) is 0 Å². The number of hydrogen-bond donors (Lipinski definition) is 0. The van der Waals surface area contributed by atoms with Crippen LogP contribution in [0.5, 0.6) is 0 Å². The van der Waals surface area contributed by atoms with Gasteiger partial charge in [0.15, 0.2) is 0 Å². The molecule has 104 valence electrons. The molecule has 0 fully saturated rings. The fourth-order valence-electron chi connectivity index (χ4n) is 2.82. The summed E-state index contributed by atoms with van der Waals surface area (Å²) in [6.07, 6.45) is 3.12. The molecule has 0 aliphatic heterocycles. The third kappa shape index (κ3) is 2.65. The van der Waals surface area contributed by atoms with Gasteiger partial charge in [-0.25, -0.2) is 4.79 Å². The second-order valence-corrected chi connectivity index (χ2v) is 5.41. The summed E-state index contributed by atoms with van der Waals surface area (Å²) in [6, 6.07) is 2.03. The molecule has 0 saturated heterocycles. The van der Waals surface area contributed by atoms with Crippen LogP contribution in [0.4, 0.5) is 0 Å². The average molecular weight is 261 g/mol. The maximum atomic E-state index is 12.0. The normalized spacial score (nSPS) is 21.9. The maximum absolute atomic E-state index is 12.0. The Morgan fingerprint density at radius 1 is 1.32 bits per heavy atom. The molecule has 2 atom stereocenters. The van der Waals surface area contributed by atoms with Crippen LogP contribution >= 0.6 is 0 Å². The number of carbonyl (C=O) groups excluding carboxylic acids is 1. The van der Waals surface area contributed by atoms with Crippen molar-refractivity contribution in [3.8, 4) is 0 Å². The molecule has 2 unspecified atom stereocenters. The number of carbonyl (C=O) groups is 1. The molecule has 0 saturated carbocycles. The van der Waals surface area contributed by atoms with Gasteiger partial charge in [0.25, 0.3) is 0 Å². The van der Waals surface area contributed by atoms with Gasteiger partial charge in [-0.05, 0) is 49.7 Å². The van der Waals surface area contributed by atoms with Crippen LogP contribution in [0.2, 0.25) is 0 Å². The van der Waals surface area contributed by atoms with Gasteiger partial charge in [-0.15, -0.1) is 0 Å². The van der Waals surface area contributed by atoms with Crippen molar-refractivity contribution in [2.24, 2.45) is 0 Å². The molecule has 0 N–H and O–H groups in total. The zero-order chi connectivity index (χ0) is 14.0. The van der Waals surface area contributed by atoms with Gasteiger partial charge >= 0.3 is 5.97 Å². The fourth-order valence-corrected chi connectivity index (χ4v) is 2.82. The van der Waals surface area contributed by atoms with Crippen molar-refractivity contribution in [1.82, 2.24) is 4.98 Å². The summed E-state index contributed by atoms with van der Waals surface area (Å²) in [5, 5.41) is 0. The minimum Gasteiger partial charge on any atom is -0.462 e. The Balaban J connectivity index is 2.50. The highest BCUT2D eigenvalue weighted by atomic mass is 16.5. The number of ether oxygens (including phenoxy) is 1. The molecule has 1 aliphatic rings. The zero-order valence-corrected chi connectivity index (χ0v) is 12.3. The van der Waals surface area contributed by atoms with Gasteiger partial charge < -0.3 is 4.74 Å². The van der Waals surface area contributed by atoms with Crippen molar-refractivity contribution in [3.63, 3.8) is 0 Å². The molecule has 0 amide bonds. The van der Waals surface area contributed by atoms with Gasteiger partial charge in [0, 0.05) is 5.69 Å². The summed E-state index contributed by atoms with van der Waals surface area (Å²) in [5.41, 5.74) is 3.95. The van der Waals surface area contributed by atoms with E-state index in [2.05, 4.69) is 13.8 Å². The molecule has 1 aromatic heterocycles. The van der Waals surface area contributed by atoms with Crippen LogP contribution in [0.3, 0.4) is 0 Å². The van der Waals surface area contributed by atoms with E-state index in [9.17, 15) is 4.79 Å². The molecular formula is C16H23NO2. The molecule has 0 radical (unpaired) electrons. The third-order valence-electron chi connectivity index (χ3n) is 4.02. The van der Waals surface area contributed by atoms with Crippen LogP contribution in [-0.4, -0.2) is 17.6 Å². The number of esters is 1. The van der Waals surface area contributed by atoms with E-state index in [1.54, 1.807) is 0 Å². The highest BCUT2D eigenvalue weighted by Crippen LogP contribution is 2.38. The Bertz CT molecular complexity index is 482. The van der Waals surface area contributed by atoms with Gasteiger partial charge in [0.2, 0.25) is 0 Å². The Hall–Kier alpha value is -1.38. The first kappa shape index (κ1) is 14.0. The van der Waals surface area contributed by atoms with Gasteiger partial charge in [-0.2, -0.15) is 0 Å². The molecule has 1 aliphatic carbocycles. The van der Waals surface area contributed by atoms with Gasteiger partial charge in [-0.3, -0.25) is 4.98 Å². The van der Waals surface area contributed by atoms with E-state index in [0.29, 0.717) is 24.0 Å². The lowest BCUT2D eigenvalue weighted by atomic mass is 9.80. The number of rotatable bonds is 3. The molecule has 0 bridgehead atoms. The first-order valence-electron chi connectivity index (χ1n) is 7.29. The van der Waals surface area contributed by atoms with E-state index in [-0.39, 0.29) is 5.97 Å². The summed E-state index contributed by atoms with van der Waals surface area (Å²) in [7, 11) is 0. The van der Waals surface area contributed by atoms with Crippen molar-refractivity contribution in [1.29, 1.82) is 0 Å². The summed E-state index contributed by atoms with van der Waals surface area (Å²) in [4.78, 5) is 16.8. The molecule has 1 aromatic rings. The Kier molecular flexibility index (Phi) is 4.23. The Morgan fingerprint density at radius 3 is 2.63 bits per heavy atom. The monoisotopic (exact) mass is 261 g/mol. The van der Waals surface area contributed by atoms with Crippen LogP contribution in [0.25, 0.3) is 0 Å². The largest absolute Gasteiger partial charge is 0.462 e. The van der Waals surface area contributed by atoms with Crippen molar-refractivity contribution in [3.05, 3.63) is 28.6 Å². The quantitative estimate of drug-likeness (QED) is 0.776. The van der Waals surface area contributed by atoms with Crippen LogP contribution in [0.15, 0.2) is 6.07 Å². The third-order valence-corrected chi connectivity index (χ3v) is 4.02. The Morgan fingerprint density at radius 2 is 2.00 bits per heavy atom. The number of aryl methyl sites for hydroxylation is 1. The first-order chi connectivity index (χ1) is 9.08. The molecule has 1 heterocycles. The van der Waals surface area contributed by atoms with E-state index in [0.717, 1.165) is 12.1 Å². The predicted octanol–water partition coefficient (Wildman–Crippen LogP) is 3.82. The highest BCUT2D eigenvalue weighted by molar-refractivity contribution is 5.91. The van der Waals surface area contributed by atoms with E-state index < -0.39 is 0 Å². The van der Waals surface area contributed by atoms with Crippen LogP contribution in [-0.2, 0) is 11.2 Å². The topological polar surface area (TPSA) is 39.2 Å². The Labute approximate surface area is 115 Å². The highest BCUT2D eigenvalue weighted by Gasteiger charge is 2.26. The minimum atomic E-state index is -0.236. The number of pyridine rings is 1. The SMILES string of the molecule is CCOC(=O)c1cc2c(nc1CC)C(C)CCC2C. The second-order valence-electron chi connectivity index (χ2n) is 5.41. The summed E-state index contributed by atoms with van der Waals surface area (Å²) in [5.74, 6) is 0.741. The molecule has 3 heteroatoms. The number of nitrogens with zero attached hydrogens (tertiary/aromatic N) is 1. The van der Waals surface area contributed by atoms with Gasteiger partial charge in [0.05, 0.1) is 17.9 Å². The molecule has 19 heavy (non-hydrogen) atoms. The lowest BCUT2D eigenvalue weighted by molar-refractivity contribution is 0.0524. The number of aromatic nitrogens is 1. The maximum Gasteiger partial charge on any atom is 0.339 e. The summed E-state index contributed by atoms with van der Waals surface area (Å²) >= 11 is 0. The summed E-state index contributed by atoms with van der Waals surface area (Å²) < 4.78 is 5.14. The number of hydrogen-bond acceptors (Lipinski definition) is 3. The fraction of sp³-hybridized carbons (Fsp3) is 0.625. The van der Waals surface area contributed by atoms with E-state index in [1.807, 2.05) is 19.9 Å². The van der Waals surface area contributed by atoms with Crippen molar-refractivity contribution in [2.45, 2.75) is 58.8 Å². The molecule has 0 spiro atoms. The average Bonchev–Trinajstić information content (AvgIpc) is 2.42. The van der Waals surface area contributed by atoms with Crippen molar-refractivity contribution >= 4 is 5.97 Å². The van der Waals surface area contributed by atoms with Crippen molar-refractivity contribution < 1.29 is 9.53 Å². The first-order valence-corrected chi connectivity index (χ1v) is 7.29. The lowest BCUT2D eigenvalue weighted by Crippen LogP contribution is -2.18. The second kappa shape index (κ2) is 5.72. The molecule has 3 nitrogen and oxygen atoms in total. The van der Waals surface area contributed by atoms with E-state index >= 15 is 0 Å². The van der Waals surface area contributed by atoms with Crippen LogP contribution in [0, 0.1) is 0 Å².